The topological polar surface area (TPSA) is 75.1 Å². The number of halogens is 2. The summed E-state index contributed by atoms with van der Waals surface area (Å²) < 4.78 is 0. The van der Waals surface area contributed by atoms with Crippen molar-refractivity contribution >= 4 is 29.2 Å². The van der Waals surface area contributed by atoms with Crippen LogP contribution in [0.4, 0.5) is 0 Å². The van der Waals surface area contributed by atoms with Crippen LogP contribution in [-0.4, -0.2) is 27.6 Å². The Kier molecular flexibility index (Phi) is 3.80. The zero-order chi connectivity index (χ0) is 15.0. The molecule has 5 nitrogen and oxygen atoms in total. The average molecular weight is 324 g/mol. The van der Waals surface area contributed by atoms with Gasteiger partial charge in [0.1, 0.15) is 0 Å². The van der Waals surface area contributed by atoms with E-state index in [0.717, 1.165) is 12.2 Å². The Morgan fingerprint density at radius 3 is 2.76 bits per heavy atom. The third-order valence-electron chi connectivity index (χ3n) is 3.31. The number of nitrogens with zero attached hydrogens (tertiary/aromatic N) is 2. The second-order valence-electron chi connectivity index (χ2n) is 4.68. The molecule has 7 heteroatoms. The molecule has 1 aromatic heterocycles. The normalized spacial score (nSPS) is 13.8. The molecule has 1 aromatic carbocycles. The number of carbonyl (C=O) groups is 1. The maximum absolute atomic E-state index is 11.4. The van der Waals surface area contributed by atoms with Gasteiger partial charge in [-0.1, -0.05) is 23.2 Å². The smallest absolute Gasteiger partial charge is 0.354 e. The molecule has 0 unspecified atom stereocenters. The second kappa shape index (κ2) is 5.60. The van der Waals surface area contributed by atoms with Crippen LogP contribution < -0.4 is 5.32 Å². The minimum atomic E-state index is -1.06. The van der Waals surface area contributed by atoms with E-state index in [2.05, 4.69) is 15.3 Å². The van der Waals surface area contributed by atoms with Crippen LogP contribution in [0.3, 0.4) is 0 Å². The Bertz CT molecular complexity index is 734. The number of carboxylic acids is 1. The van der Waals surface area contributed by atoms with Crippen LogP contribution in [0.25, 0.3) is 11.4 Å². The van der Waals surface area contributed by atoms with Crippen LogP contribution in [0.5, 0.6) is 0 Å². The fraction of sp³-hybridized carbons (Fsp3) is 0.214. The molecule has 0 atom stereocenters. The average Bonchev–Trinajstić information content (AvgIpc) is 2.48. The number of benzene rings is 1. The number of aromatic nitrogens is 2. The number of hydrogen-bond acceptors (Lipinski definition) is 4. The molecule has 0 saturated heterocycles. The van der Waals surface area contributed by atoms with E-state index < -0.39 is 5.97 Å². The van der Waals surface area contributed by atoms with Crippen molar-refractivity contribution in [1.29, 1.82) is 0 Å². The van der Waals surface area contributed by atoms with E-state index in [0.29, 0.717) is 40.0 Å². The van der Waals surface area contributed by atoms with Crippen LogP contribution in [0.2, 0.25) is 10.0 Å². The Morgan fingerprint density at radius 1 is 1.24 bits per heavy atom. The fourth-order valence-electron chi connectivity index (χ4n) is 2.28. The lowest BCUT2D eigenvalue weighted by atomic mass is 10.0. The lowest BCUT2D eigenvalue weighted by molar-refractivity contribution is 0.0688. The largest absolute Gasteiger partial charge is 0.476 e. The number of hydrogen-bond donors (Lipinski definition) is 2. The van der Waals surface area contributed by atoms with E-state index in [9.17, 15) is 9.90 Å². The van der Waals surface area contributed by atoms with Crippen LogP contribution in [0.15, 0.2) is 18.2 Å². The monoisotopic (exact) mass is 323 g/mol. The van der Waals surface area contributed by atoms with Gasteiger partial charge in [0.25, 0.3) is 0 Å². The summed E-state index contributed by atoms with van der Waals surface area (Å²) in [5.41, 5.74) is 2.10. The van der Waals surface area contributed by atoms with E-state index in [4.69, 9.17) is 23.2 Å². The predicted molar refractivity (Wildman–Crippen MR) is 79.9 cm³/mol. The summed E-state index contributed by atoms with van der Waals surface area (Å²) in [6.45, 7) is 1.24. The van der Waals surface area contributed by atoms with Gasteiger partial charge in [-0.2, -0.15) is 0 Å². The molecular formula is C14H11Cl2N3O2. The summed E-state index contributed by atoms with van der Waals surface area (Å²) in [4.78, 5) is 20.1. The number of aromatic carboxylic acids is 1. The van der Waals surface area contributed by atoms with Gasteiger partial charge in [0.15, 0.2) is 11.5 Å². The lowest BCUT2D eigenvalue weighted by Gasteiger charge is -2.18. The van der Waals surface area contributed by atoms with Gasteiger partial charge in [-0.3, -0.25) is 0 Å². The molecule has 0 amide bonds. The molecule has 0 spiro atoms. The summed E-state index contributed by atoms with van der Waals surface area (Å²) in [5.74, 6) is -0.703. The third kappa shape index (κ3) is 2.72. The van der Waals surface area contributed by atoms with Crippen molar-refractivity contribution < 1.29 is 9.90 Å². The lowest BCUT2D eigenvalue weighted by Crippen LogP contribution is -2.28. The fourth-order valence-corrected chi connectivity index (χ4v) is 2.58. The molecular weight excluding hydrogens is 313 g/mol. The maximum atomic E-state index is 11.4. The SMILES string of the molecule is O=C(O)c1nc(-c2ccc(Cl)c(Cl)c2)nc2c1CNCC2. The van der Waals surface area contributed by atoms with Crippen LogP contribution in [0, 0.1) is 0 Å². The molecule has 0 radical (unpaired) electrons. The highest BCUT2D eigenvalue weighted by atomic mass is 35.5. The standard InChI is InChI=1S/C14H11Cl2N3O2/c15-9-2-1-7(5-10(9)16)13-18-11-3-4-17-6-8(11)12(19-13)14(20)21/h1-2,5,17H,3-4,6H2,(H,20,21). The highest BCUT2D eigenvalue weighted by Crippen LogP contribution is 2.28. The summed E-state index contributed by atoms with van der Waals surface area (Å²) in [6.07, 6.45) is 0.673. The van der Waals surface area contributed by atoms with Gasteiger partial charge in [0.05, 0.1) is 15.7 Å². The highest BCUT2D eigenvalue weighted by molar-refractivity contribution is 6.42. The Morgan fingerprint density at radius 2 is 2.05 bits per heavy atom. The number of fused-ring (bicyclic) bond motifs is 1. The van der Waals surface area contributed by atoms with Crippen LogP contribution in [0.1, 0.15) is 21.7 Å². The Labute approximate surface area is 130 Å². The highest BCUT2D eigenvalue weighted by Gasteiger charge is 2.22. The van der Waals surface area contributed by atoms with Gasteiger partial charge in [-0.05, 0) is 18.2 Å². The quantitative estimate of drug-likeness (QED) is 0.888. The van der Waals surface area contributed by atoms with E-state index in [1.165, 1.54) is 0 Å². The van der Waals surface area contributed by atoms with Crippen molar-refractivity contribution in [1.82, 2.24) is 15.3 Å². The zero-order valence-corrected chi connectivity index (χ0v) is 12.4. The number of rotatable bonds is 2. The van der Waals surface area contributed by atoms with Gasteiger partial charge < -0.3 is 10.4 Å². The minimum absolute atomic E-state index is 0.0354. The van der Waals surface area contributed by atoms with Gasteiger partial charge >= 0.3 is 5.97 Å². The van der Waals surface area contributed by atoms with Crippen molar-refractivity contribution in [3.8, 4) is 11.4 Å². The molecule has 1 aliphatic rings. The van der Waals surface area contributed by atoms with Crippen molar-refractivity contribution in [2.45, 2.75) is 13.0 Å². The summed E-state index contributed by atoms with van der Waals surface area (Å²) in [6, 6.07) is 5.00. The van der Waals surface area contributed by atoms with Crippen molar-refractivity contribution in [3.05, 3.63) is 45.2 Å². The van der Waals surface area contributed by atoms with E-state index in [-0.39, 0.29) is 5.69 Å². The molecule has 0 aliphatic carbocycles. The number of carboxylic acid groups (broad SMARTS) is 1. The van der Waals surface area contributed by atoms with Crippen molar-refractivity contribution in [2.75, 3.05) is 6.54 Å². The van der Waals surface area contributed by atoms with Crippen LogP contribution in [-0.2, 0) is 13.0 Å². The molecule has 108 valence electrons. The first-order valence-corrected chi connectivity index (χ1v) is 7.11. The molecule has 21 heavy (non-hydrogen) atoms. The molecule has 0 fully saturated rings. The molecule has 2 heterocycles. The Hall–Kier alpha value is -1.69. The summed E-state index contributed by atoms with van der Waals surface area (Å²) in [5, 5.41) is 13.3. The molecule has 2 aromatic rings. The third-order valence-corrected chi connectivity index (χ3v) is 4.05. The van der Waals surface area contributed by atoms with Crippen LogP contribution >= 0.6 is 23.2 Å². The van der Waals surface area contributed by atoms with Gasteiger partial charge in [-0.25, -0.2) is 14.8 Å². The van der Waals surface area contributed by atoms with Gasteiger partial charge in [-0.15, -0.1) is 0 Å². The molecule has 0 bridgehead atoms. The van der Waals surface area contributed by atoms with Gasteiger partial charge in [0.2, 0.25) is 0 Å². The van der Waals surface area contributed by atoms with Crippen molar-refractivity contribution in [3.63, 3.8) is 0 Å². The maximum Gasteiger partial charge on any atom is 0.354 e. The molecule has 0 saturated carbocycles. The molecule has 2 N–H and O–H groups in total. The van der Waals surface area contributed by atoms with E-state index >= 15 is 0 Å². The summed E-state index contributed by atoms with van der Waals surface area (Å²) >= 11 is 11.9. The zero-order valence-electron chi connectivity index (χ0n) is 10.9. The predicted octanol–water partition coefficient (Wildman–Crippen LogP) is 2.79. The first kappa shape index (κ1) is 14.3. The first-order chi connectivity index (χ1) is 10.1. The summed E-state index contributed by atoms with van der Waals surface area (Å²) in [7, 11) is 0. The molecule has 1 aliphatic heterocycles. The van der Waals surface area contributed by atoms with E-state index in [1.807, 2.05) is 0 Å². The molecule has 3 rings (SSSR count). The minimum Gasteiger partial charge on any atom is -0.476 e. The van der Waals surface area contributed by atoms with Gasteiger partial charge in [0, 0.05) is 30.6 Å². The van der Waals surface area contributed by atoms with E-state index in [1.54, 1.807) is 18.2 Å². The Balaban J connectivity index is 2.16. The first-order valence-electron chi connectivity index (χ1n) is 6.35. The second-order valence-corrected chi connectivity index (χ2v) is 5.50. The van der Waals surface area contributed by atoms with Crippen molar-refractivity contribution in [2.24, 2.45) is 0 Å². The number of nitrogens with one attached hydrogen (secondary N) is 1.